The molecule has 0 heterocycles. The van der Waals surface area contributed by atoms with Crippen LogP contribution in [0, 0.1) is 6.92 Å². The first-order valence-electron chi connectivity index (χ1n) is 5.53. The first-order valence-corrected chi connectivity index (χ1v) is 6.94. The van der Waals surface area contributed by atoms with E-state index < -0.39 is 16.2 Å². The minimum absolute atomic E-state index is 0.173. The smallest absolute Gasteiger partial charge is 0.297 e. The van der Waals surface area contributed by atoms with E-state index >= 15 is 0 Å². The Labute approximate surface area is 103 Å². The second kappa shape index (κ2) is 6.14. The quantitative estimate of drug-likeness (QED) is 0.733. The fourth-order valence-corrected chi connectivity index (χ4v) is 2.36. The molecule has 0 fully saturated rings. The molecule has 1 aromatic carbocycles. The second-order valence-corrected chi connectivity index (χ2v) is 5.41. The Hall–Kier alpha value is -0.910. The van der Waals surface area contributed by atoms with E-state index in [0.717, 1.165) is 5.56 Å². The Morgan fingerprint density at radius 2 is 1.82 bits per heavy atom. The van der Waals surface area contributed by atoms with Crippen LogP contribution >= 0.6 is 0 Å². The molecule has 0 aliphatic heterocycles. The normalized spacial score (nSPS) is 13.6. The maximum atomic E-state index is 11.8. The Morgan fingerprint density at radius 1 is 1.24 bits per heavy atom. The monoisotopic (exact) mass is 258 g/mol. The summed E-state index contributed by atoms with van der Waals surface area (Å²) in [5, 5.41) is 0. The standard InChI is InChI=1S/C12H18O4S/c1-4-15-9-11(3)16-17(13,14)12-7-5-10(2)6-8-12/h5-8,11H,4,9H2,1-3H3. The first-order chi connectivity index (χ1) is 7.95. The molecule has 4 nitrogen and oxygen atoms in total. The topological polar surface area (TPSA) is 52.6 Å². The fourth-order valence-electron chi connectivity index (χ4n) is 1.29. The van der Waals surface area contributed by atoms with Gasteiger partial charge in [-0.3, -0.25) is 4.18 Å². The minimum atomic E-state index is -3.69. The van der Waals surface area contributed by atoms with Crippen LogP contribution in [0.1, 0.15) is 19.4 Å². The first kappa shape index (κ1) is 14.2. The SMILES string of the molecule is CCOCC(C)OS(=O)(=O)c1ccc(C)cc1. The zero-order valence-corrected chi connectivity index (χ0v) is 11.2. The highest BCUT2D eigenvalue weighted by atomic mass is 32.2. The molecule has 0 N–H and O–H groups in total. The second-order valence-electron chi connectivity index (χ2n) is 3.83. The summed E-state index contributed by atoms with van der Waals surface area (Å²) in [6.07, 6.45) is -0.485. The van der Waals surface area contributed by atoms with Gasteiger partial charge in [0.1, 0.15) is 0 Å². The molecule has 5 heteroatoms. The van der Waals surface area contributed by atoms with Gasteiger partial charge < -0.3 is 4.74 Å². The summed E-state index contributed by atoms with van der Waals surface area (Å²) in [5.41, 5.74) is 1.01. The largest absolute Gasteiger partial charge is 0.379 e. The highest BCUT2D eigenvalue weighted by Crippen LogP contribution is 2.15. The van der Waals surface area contributed by atoms with E-state index in [-0.39, 0.29) is 11.5 Å². The predicted octanol–water partition coefficient (Wildman–Crippen LogP) is 2.13. The molecular weight excluding hydrogens is 240 g/mol. The lowest BCUT2D eigenvalue weighted by molar-refractivity contribution is 0.0690. The molecule has 1 unspecified atom stereocenters. The van der Waals surface area contributed by atoms with Crippen LogP contribution in [-0.4, -0.2) is 27.7 Å². The molecule has 0 bridgehead atoms. The Bertz CT molecular complexity index is 436. The predicted molar refractivity (Wildman–Crippen MR) is 65.4 cm³/mol. The fraction of sp³-hybridized carbons (Fsp3) is 0.500. The minimum Gasteiger partial charge on any atom is -0.379 e. The maximum Gasteiger partial charge on any atom is 0.297 e. The van der Waals surface area contributed by atoms with Crippen LogP contribution in [-0.2, 0) is 19.0 Å². The lowest BCUT2D eigenvalue weighted by atomic mass is 10.2. The van der Waals surface area contributed by atoms with Crippen molar-refractivity contribution in [2.24, 2.45) is 0 Å². The van der Waals surface area contributed by atoms with Crippen LogP contribution in [0.2, 0.25) is 0 Å². The van der Waals surface area contributed by atoms with Gasteiger partial charge in [0.05, 0.1) is 17.6 Å². The average molecular weight is 258 g/mol. The summed E-state index contributed by atoms with van der Waals surface area (Å²) < 4.78 is 33.8. The van der Waals surface area contributed by atoms with Crippen LogP contribution in [0.4, 0.5) is 0 Å². The van der Waals surface area contributed by atoms with Crippen molar-refractivity contribution in [3.05, 3.63) is 29.8 Å². The van der Waals surface area contributed by atoms with E-state index in [9.17, 15) is 8.42 Å². The van der Waals surface area contributed by atoms with Gasteiger partial charge >= 0.3 is 0 Å². The summed E-state index contributed by atoms with van der Waals surface area (Å²) in [4.78, 5) is 0.173. The highest BCUT2D eigenvalue weighted by molar-refractivity contribution is 7.86. The van der Waals surface area contributed by atoms with Crippen molar-refractivity contribution in [1.82, 2.24) is 0 Å². The van der Waals surface area contributed by atoms with Gasteiger partial charge in [-0.2, -0.15) is 8.42 Å². The van der Waals surface area contributed by atoms with Crippen LogP contribution in [0.3, 0.4) is 0 Å². The van der Waals surface area contributed by atoms with Gasteiger partial charge in [-0.25, -0.2) is 0 Å². The third-order valence-electron chi connectivity index (χ3n) is 2.16. The van der Waals surface area contributed by atoms with E-state index in [0.29, 0.717) is 6.61 Å². The van der Waals surface area contributed by atoms with Crippen LogP contribution < -0.4 is 0 Å². The number of aryl methyl sites for hydroxylation is 1. The van der Waals surface area contributed by atoms with Gasteiger partial charge in [0.2, 0.25) is 0 Å². The third-order valence-corrected chi connectivity index (χ3v) is 3.59. The van der Waals surface area contributed by atoms with Gasteiger partial charge in [-0.1, -0.05) is 17.7 Å². The van der Waals surface area contributed by atoms with Crippen molar-refractivity contribution >= 4 is 10.1 Å². The van der Waals surface area contributed by atoms with Crippen molar-refractivity contribution in [2.45, 2.75) is 31.8 Å². The number of hydrogen-bond donors (Lipinski definition) is 0. The van der Waals surface area contributed by atoms with Crippen molar-refractivity contribution in [3.8, 4) is 0 Å². The van der Waals surface area contributed by atoms with Gasteiger partial charge in [0.15, 0.2) is 0 Å². The van der Waals surface area contributed by atoms with E-state index in [1.54, 1.807) is 19.1 Å². The molecule has 17 heavy (non-hydrogen) atoms. The maximum absolute atomic E-state index is 11.8. The van der Waals surface area contributed by atoms with Gasteiger partial charge in [-0.15, -0.1) is 0 Å². The summed E-state index contributed by atoms with van der Waals surface area (Å²) in [6, 6.07) is 6.56. The van der Waals surface area contributed by atoms with Crippen molar-refractivity contribution in [3.63, 3.8) is 0 Å². The highest BCUT2D eigenvalue weighted by Gasteiger charge is 2.18. The Balaban J connectivity index is 2.71. The summed E-state index contributed by atoms with van der Waals surface area (Å²) in [6.45, 7) is 6.22. The van der Waals surface area contributed by atoms with Gasteiger partial charge in [-0.05, 0) is 32.9 Å². The molecule has 1 rings (SSSR count). The summed E-state index contributed by atoms with van der Waals surface area (Å²) in [7, 11) is -3.69. The molecule has 0 aromatic heterocycles. The Kier molecular flexibility index (Phi) is 5.11. The molecule has 1 atom stereocenters. The zero-order chi connectivity index (χ0) is 12.9. The average Bonchev–Trinajstić information content (AvgIpc) is 2.26. The van der Waals surface area contributed by atoms with Gasteiger partial charge in [0, 0.05) is 6.61 Å². The van der Waals surface area contributed by atoms with E-state index in [1.165, 1.54) is 12.1 Å². The molecule has 96 valence electrons. The zero-order valence-electron chi connectivity index (χ0n) is 10.3. The number of benzene rings is 1. The van der Waals surface area contributed by atoms with E-state index in [1.807, 2.05) is 13.8 Å². The molecule has 0 saturated carbocycles. The molecule has 1 aromatic rings. The van der Waals surface area contributed by atoms with Crippen LogP contribution in [0.25, 0.3) is 0 Å². The van der Waals surface area contributed by atoms with Crippen LogP contribution in [0.5, 0.6) is 0 Å². The van der Waals surface area contributed by atoms with Crippen molar-refractivity contribution < 1.29 is 17.3 Å². The number of hydrogen-bond acceptors (Lipinski definition) is 4. The molecule has 0 saturated heterocycles. The molecular formula is C12H18O4S. The van der Waals surface area contributed by atoms with Crippen molar-refractivity contribution in [2.75, 3.05) is 13.2 Å². The molecule has 0 radical (unpaired) electrons. The van der Waals surface area contributed by atoms with E-state index in [2.05, 4.69) is 0 Å². The summed E-state index contributed by atoms with van der Waals surface area (Å²) in [5.74, 6) is 0. The third kappa shape index (κ3) is 4.46. The van der Waals surface area contributed by atoms with Crippen LogP contribution in [0.15, 0.2) is 29.2 Å². The number of rotatable bonds is 6. The lowest BCUT2D eigenvalue weighted by Gasteiger charge is -2.12. The lowest BCUT2D eigenvalue weighted by Crippen LogP contribution is -2.20. The molecule has 0 amide bonds. The number of ether oxygens (including phenoxy) is 1. The molecule has 0 aliphatic carbocycles. The molecule has 0 aliphatic rings. The van der Waals surface area contributed by atoms with Gasteiger partial charge in [0.25, 0.3) is 10.1 Å². The Morgan fingerprint density at radius 3 is 2.35 bits per heavy atom. The van der Waals surface area contributed by atoms with E-state index in [4.69, 9.17) is 8.92 Å². The molecule has 0 spiro atoms. The summed E-state index contributed by atoms with van der Waals surface area (Å²) >= 11 is 0. The van der Waals surface area contributed by atoms with Crippen molar-refractivity contribution in [1.29, 1.82) is 0 Å².